The third-order valence-electron chi connectivity index (χ3n) is 6.31. The number of benzene rings is 2. The Kier molecular flexibility index (Phi) is 7.49. The molecule has 1 heterocycles. The van der Waals surface area contributed by atoms with Crippen LogP contribution in [0.5, 0.6) is 0 Å². The second-order valence-electron chi connectivity index (χ2n) is 8.84. The summed E-state index contributed by atoms with van der Waals surface area (Å²) in [6.07, 6.45) is -0.567. The number of amides is 2. The van der Waals surface area contributed by atoms with Crippen LogP contribution in [-0.2, 0) is 18.1 Å². The number of urea groups is 1. The summed E-state index contributed by atoms with van der Waals surface area (Å²) in [5.41, 5.74) is -3.20. The van der Waals surface area contributed by atoms with E-state index in [2.05, 4.69) is 15.6 Å². The summed E-state index contributed by atoms with van der Waals surface area (Å²) in [5, 5.41) is 5.81. The molecular weight excluding hydrogens is 501 g/mol. The topological polar surface area (TPSA) is 54.0 Å². The summed E-state index contributed by atoms with van der Waals surface area (Å²) in [6.45, 7) is 0. The van der Waals surface area contributed by atoms with E-state index < -0.39 is 34.9 Å². The maximum Gasteiger partial charge on any atom is 0.416 e. The first-order valence-electron chi connectivity index (χ1n) is 11.4. The van der Waals surface area contributed by atoms with Gasteiger partial charge in [0.05, 0.1) is 16.3 Å². The summed E-state index contributed by atoms with van der Waals surface area (Å²) < 4.78 is 70.4. The van der Waals surface area contributed by atoms with Crippen molar-refractivity contribution in [1.29, 1.82) is 0 Å². The Bertz CT molecular complexity index is 1230. The van der Waals surface area contributed by atoms with Gasteiger partial charge in [-0.1, -0.05) is 42.6 Å². The molecule has 2 N–H and O–H groups in total. The van der Waals surface area contributed by atoms with Crippen LogP contribution in [0.2, 0.25) is 5.02 Å². The summed E-state index contributed by atoms with van der Waals surface area (Å²) >= 11 is 5.99. The highest BCUT2D eigenvalue weighted by Gasteiger charge is 2.41. The van der Waals surface area contributed by atoms with Gasteiger partial charge in [-0.3, -0.25) is 4.98 Å². The SMILES string of the molecule is O=C(NC1CCCC1)NC(Cc1ccccc1F)(c1cc(F)cc(C(F)(F)F)c1)c1ccc(Cl)cn1. The molecule has 1 fully saturated rings. The van der Waals surface area contributed by atoms with Crippen LogP contribution in [0, 0.1) is 11.6 Å². The number of hydrogen-bond donors (Lipinski definition) is 2. The Hall–Kier alpha value is -3.20. The van der Waals surface area contributed by atoms with Crippen LogP contribution in [0.25, 0.3) is 0 Å². The molecule has 0 spiro atoms. The Morgan fingerprint density at radius 3 is 2.33 bits per heavy atom. The van der Waals surface area contributed by atoms with Gasteiger partial charge in [-0.25, -0.2) is 13.6 Å². The first kappa shape index (κ1) is 25.9. The van der Waals surface area contributed by atoms with Crippen LogP contribution in [0.4, 0.5) is 26.7 Å². The fourth-order valence-electron chi connectivity index (χ4n) is 4.56. The van der Waals surface area contributed by atoms with Gasteiger partial charge in [0.1, 0.15) is 17.2 Å². The molecule has 190 valence electrons. The fourth-order valence-corrected chi connectivity index (χ4v) is 4.67. The van der Waals surface area contributed by atoms with E-state index in [1.807, 2.05) is 0 Å². The van der Waals surface area contributed by atoms with Gasteiger partial charge in [0.15, 0.2) is 0 Å². The van der Waals surface area contributed by atoms with Gasteiger partial charge in [0.25, 0.3) is 0 Å². The number of rotatable bonds is 6. The Morgan fingerprint density at radius 1 is 1.00 bits per heavy atom. The van der Waals surface area contributed by atoms with E-state index in [4.69, 9.17) is 11.6 Å². The van der Waals surface area contributed by atoms with E-state index in [0.717, 1.165) is 37.8 Å². The van der Waals surface area contributed by atoms with Gasteiger partial charge >= 0.3 is 12.2 Å². The monoisotopic (exact) mass is 523 g/mol. The molecule has 3 aromatic rings. The number of pyridine rings is 1. The lowest BCUT2D eigenvalue weighted by molar-refractivity contribution is -0.137. The zero-order valence-electron chi connectivity index (χ0n) is 19.0. The average Bonchev–Trinajstić information content (AvgIpc) is 3.32. The number of carbonyl (C=O) groups is 1. The molecule has 1 aromatic heterocycles. The highest BCUT2D eigenvalue weighted by molar-refractivity contribution is 6.30. The molecule has 10 heteroatoms. The molecule has 0 radical (unpaired) electrons. The van der Waals surface area contributed by atoms with Crippen LogP contribution in [0.1, 0.15) is 48.1 Å². The van der Waals surface area contributed by atoms with Gasteiger partial charge in [0.2, 0.25) is 0 Å². The van der Waals surface area contributed by atoms with Crippen LogP contribution in [0.3, 0.4) is 0 Å². The van der Waals surface area contributed by atoms with Gasteiger partial charge in [-0.15, -0.1) is 0 Å². The largest absolute Gasteiger partial charge is 0.416 e. The molecule has 2 aromatic carbocycles. The Labute approximate surface area is 209 Å². The highest BCUT2D eigenvalue weighted by atomic mass is 35.5. The smallest absolute Gasteiger partial charge is 0.335 e. The normalized spacial score (nSPS) is 15.9. The highest BCUT2D eigenvalue weighted by Crippen LogP contribution is 2.38. The maximum absolute atomic E-state index is 14.8. The average molecular weight is 524 g/mol. The van der Waals surface area contributed by atoms with E-state index in [-0.39, 0.29) is 34.3 Å². The maximum atomic E-state index is 14.8. The zero-order chi connectivity index (χ0) is 25.9. The third kappa shape index (κ3) is 5.78. The number of carbonyl (C=O) groups excluding carboxylic acids is 1. The summed E-state index contributed by atoms with van der Waals surface area (Å²) in [4.78, 5) is 17.4. The van der Waals surface area contributed by atoms with Crippen molar-refractivity contribution in [3.8, 4) is 0 Å². The molecule has 1 atom stereocenters. The van der Waals surface area contributed by atoms with E-state index in [9.17, 15) is 26.7 Å². The van der Waals surface area contributed by atoms with Crippen molar-refractivity contribution in [2.75, 3.05) is 0 Å². The van der Waals surface area contributed by atoms with Crippen LogP contribution >= 0.6 is 11.6 Å². The first-order valence-corrected chi connectivity index (χ1v) is 11.8. The zero-order valence-corrected chi connectivity index (χ0v) is 19.8. The second kappa shape index (κ2) is 10.4. The number of nitrogens with one attached hydrogen (secondary N) is 2. The van der Waals surface area contributed by atoms with E-state index in [1.54, 1.807) is 6.07 Å². The molecule has 4 rings (SSSR count). The minimum absolute atomic E-state index is 0.0652. The van der Waals surface area contributed by atoms with Crippen LogP contribution in [-0.4, -0.2) is 17.1 Å². The van der Waals surface area contributed by atoms with Crippen LogP contribution < -0.4 is 10.6 Å². The predicted octanol–water partition coefficient (Wildman–Crippen LogP) is 6.76. The molecule has 1 aliphatic rings. The van der Waals surface area contributed by atoms with Crippen molar-refractivity contribution < 1.29 is 26.7 Å². The van der Waals surface area contributed by atoms with Gasteiger partial charge in [0, 0.05) is 18.7 Å². The minimum atomic E-state index is -4.86. The van der Waals surface area contributed by atoms with Crippen molar-refractivity contribution in [2.24, 2.45) is 0 Å². The Morgan fingerprint density at radius 2 is 1.69 bits per heavy atom. The number of aromatic nitrogens is 1. The van der Waals surface area contributed by atoms with E-state index in [1.165, 1.54) is 36.5 Å². The molecule has 4 nitrogen and oxygen atoms in total. The fraction of sp³-hybridized carbons (Fsp3) is 0.308. The molecule has 36 heavy (non-hydrogen) atoms. The van der Waals surface area contributed by atoms with Crippen molar-refractivity contribution >= 4 is 17.6 Å². The van der Waals surface area contributed by atoms with Gasteiger partial charge in [-0.05, 0) is 60.4 Å². The number of hydrogen-bond acceptors (Lipinski definition) is 2. The summed E-state index contributed by atoms with van der Waals surface area (Å²) in [7, 11) is 0. The third-order valence-corrected chi connectivity index (χ3v) is 6.54. The molecule has 1 unspecified atom stereocenters. The lowest BCUT2D eigenvalue weighted by atomic mass is 9.79. The number of alkyl halides is 3. The molecule has 1 aliphatic carbocycles. The first-order chi connectivity index (χ1) is 17.1. The molecule has 0 bridgehead atoms. The number of halogens is 6. The van der Waals surface area contributed by atoms with Crippen LogP contribution in [0.15, 0.2) is 60.8 Å². The number of nitrogens with zero attached hydrogens (tertiary/aromatic N) is 1. The van der Waals surface area contributed by atoms with Crippen molar-refractivity contribution in [3.63, 3.8) is 0 Å². The van der Waals surface area contributed by atoms with E-state index >= 15 is 0 Å². The lowest BCUT2D eigenvalue weighted by Crippen LogP contribution is -2.54. The van der Waals surface area contributed by atoms with Gasteiger partial charge in [-0.2, -0.15) is 13.2 Å². The predicted molar refractivity (Wildman–Crippen MR) is 125 cm³/mol. The molecule has 0 saturated heterocycles. The quantitative estimate of drug-likeness (QED) is 0.351. The lowest BCUT2D eigenvalue weighted by Gasteiger charge is -2.36. The minimum Gasteiger partial charge on any atom is -0.335 e. The Balaban J connectivity index is 1.91. The second-order valence-corrected chi connectivity index (χ2v) is 9.28. The molecule has 1 saturated carbocycles. The summed E-state index contributed by atoms with van der Waals surface area (Å²) in [6, 6.07) is 9.72. The van der Waals surface area contributed by atoms with Gasteiger partial charge < -0.3 is 10.6 Å². The molecule has 2 amide bonds. The molecular formula is C26H23ClF5N3O. The van der Waals surface area contributed by atoms with Crippen molar-refractivity contribution in [2.45, 2.75) is 49.9 Å². The summed E-state index contributed by atoms with van der Waals surface area (Å²) in [5.74, 6) is -1.80. The van der Waals surface area contributed by atoms with Crippen molar-refractivity contribution in [1.82, 2.24) is 15.6 Å². The van der Waals surface area contributed by atoms with Crippen molar-refractivity contribution in [3.05, 3.63) is 99.8 Å². The van der Waals surface area contributed by atoms with E-state index in [0.29, 0.717) is 6.07 Å². The molecule has 0 aliphatic heterocycles. The standard InChI is InChI=1S/C26H23ClF5N3O/c27-19-9-10-23(33-15-19)25(14-16-5-1-4-8-22(16)29,35-24(36)34-21-6-2-3-7-21)17-11-18(26(30,31)32)13-20(28)12-17/h1,4-5,8-13,15,21H,2-3,6-7,14H2,(H2,34,35,36).